The van der Waals surface area contributed by atoms with Crippen molar-refractivity contribution in [3.05, 3.63) is 53.3 Å². The maximum absolute atomic E-state index is 4.27. The van der Waals surface area contributed by atoms with E-state index in [9.17, 15) is 0 Å². The standard InChI is InChI=1S/C17H22N2/c1-4-8-18-11-15-6-5-13(2)10-16(15)17-12-19-9-7-14(17)3/h5-7,9-10,12,18H,4,8,11H2,1-3H3. The van der Waals surface area contributed by atoms with Gasteiger partial charge in [0, 0.05) is 24.5 Å². The number of benzene rings is 1. The molecule has 2 heteroatoms. The summed E-state index contributed by atoms with van der Waals surface area (Å²) in [4.78, 5) is 4.27. The van der Waals surface area contributed by atoms with Gasteiger partial charge in [0.1, 0.15) is 0 Å². The Kier molecular flexibility index (Phi) is 4.69. The predicted molar refractivity (Wildman–Crippen MR) is 81.1 cm³/mol. The summed E-state index contributed by atoms with van der Waals surface area (Å²) in [6.45, 7) is 8.44. The molecule has 1 N–H and O–H groups in total. The van der Waals surface area contributed by atoms with Crippen molar-refractivity contribution in [1.82, 2.24) is 10.3 Å². The topological polar surface area (TPSA) is 24.9 Å². The molecule has 0 unspecified atom stereocenters. The molecule has 0 spiro atoms. The van der Waals surface area contributed by atoms with Crippen LogP contribution in [0.25, 0.3) is 11.1 Å². The van der Waals surface area contributed by atoms with Gasteiger partial charge in [-0.3, -0.25) is 4.98 Å². The lowest BCUT2D eigenvalue weighted by atomic mass is 9.96. The first kappa shape index (κ1) is 13.8. The van der Waals surface area contributed by atoms with Crippen LogP contribution in [-0.4, -0.2) is 11.5 Å². The third-order valence-corrected chi connectivity index (χ3v) is 3.34. The smallest absolute Gasteiger partial charge is 0.0349 e. The van der Waals surface area contributed by atoms with E-state index in [1.165, 1.54) is 27.8 Å². The number of nitrogens with one attached hydrogen (secondary N) is 1. The van der Waals surface area contributed by atoms with Gasteiger partial charge < -0.3 is 5.32 Å². The Morgan fingerprint density at radius 1 is 1.11 bits per heavy atom. The highest BCUT2D eigenvalue weighted by Gasteiger charge is 2.08. The highest BCUT2D eigenvalue weighted by Crippen LogP contribution is 2.27. The molecule has 2 aromatic rings. The van der Waals surface area contributed by atoms with Crippen LogP contribution in [0, 0.1) is 13.8 Å². The lowest BCUT2D eigenvalue weighted by molar-refractivity contribution is 0.676. The van der Waals surface area contributed by atoms with Crippen LogP contribution in [0.1, 0.15) is 30.0 Å². The monoisotopic (exact) mass is 254 g/mol. The van der Waals surface area contributed by atoms with Crippen molar-refractivity contribution >= 4 is 0 Å². The summed E-state index contributed by atoms with van der Waals surface area (Å²) in [7, 11) is 0. The summed E-state index contributed by atoms with van der Waals surface area (Å²) in [5.74, 6) is 0. The van der Waals surface area contributed by atoms with Gasteiger partial charge in [0.15, 0.2) is 0 Å². The van der Waals surface area contributed by atoms with Crippen LogP contribution >= 0.6 is 0 Å². The van der Waals surface area contributed by atoms with E-state index in [2.05, 4.69) is 55.3 Å². The molecule has 1 heterocycles. The molecule has 0 bridgehead atoms. The molecule has 0 amide bonds. The van der Waals surface area contributed by atoms with E-state index in [0.29, 0.717) is 0 Å². The normalized spacial score (nSPS) is 10.7. The summed E-state index contributed by atoms with van der Waals surface area (Å²) in [5, 5.41) is 3.48. The first-order valence-corrected chi connectivity index (χ1v) is 6.93. The molecule has 0 saturated carbocycles. The van der Waals surface area contributed by atoms with Crippen LogP contribution in [0.2, 0.25) is 0 Å². The Hall–Kier alpha value is -1.67. The lowest BCUT2D eigenvalue weighted by Crippen LogP contribution is -2.14. The zero-order valence-corrected chi connectivity index (χ0v) is 12.0. The molecular formula is C17H22N2. The van der Waals surface area contributed by atoms with Crippen LogP contribution in [0.3, 0.4) is 0 Å². The Bertz CT molecular complexity index is 547. The second-order valence-electron chi connectivity index (χ2n) is 5.03. The average molecular weight is 254 g/mol. The number of nitrogens with zero attached hydrogens (tertiary/aromatic N) is 1. The van der Waals surface area contributed by atoms with Crippen molar-refractivity contribution in [2.24, 2.45) is 0 Å². The zero-order valence-electron chi connectivity index (χ0n) is 12.0. The number of hydrogen-bond acceptors (Lipinski definition) is 2. The summed E-state index contributed by atoms with van der Waals surface area (Å²) >= 11 is 0. The summed E-state index contributed by atoms with van der Waals surface area (Å²) in [6, 6.07) is 8.73. The largest absolute Gasteiger partial charge is 0.313 e. The highest BCUT2D eigenvalue weighted by molar-refractivity contribution is 5.70. The second-order valence-corrected chi connectivity index (χ2v) is 5.03. The highest BCUT2D eigenvalue weighted by atomic mass is 14.8. The van der Waals surface area contributed by atoms with E-state index in [-0.39, 0.29) is 0 Å². The molecule has 0 atom stereocenters. The van der Waals surface area contributed by atoms with Gasteiger partial charge in [0.05, 0.1) is 0 Å². The maximum Gasteiger partial charge on any atom is 0.0349 e. The molecule has 0 fully saturated rings. The third kappa shape index (κ3) is 3.42. The van der Waals surface area contributed by atoms with Crippen LogP contribution in [0.15, 0.2) is 36.7 Å². The molecule has 1 aromatic carbocycles. The van der Waals surface area contributed by atoms with E-state index >= 15 is 0 Å². The van der Waals surface area contributed by atoms with Gasteiger partial charge in [0.25, 0.3) is 0 Å². The maximum atomic E-state index is 4.27. The number of aryl methyl sites for hydroxylation is 2. The SMILES string of the molecule is CCCNCc1ccc(C)cc1-c1cnccc1C. The van der Waals surface area contributed by atoms with Gasteiger partial charge in [0.2, 0.25) is 0 Å². The van der Waals surface area contributed by atoms with Crippen molar-refractivity contribution in [3.8, 4) is 11.1 Å². The van der Waals surface area contributed by atoms with Crippen molar-refractivity contribution < 1.29 is 0 Å². The lowest BCUT2D eigenvalue weighted by Gasteiger charge is -2.13. The average Bonchev–Trinajstić information content (AvgIpc) is 2.41. The minimum atomic E-state index is 0.914. The van der Waals surface area contributed by atoms with E-state index in [0.717, 1.165) is 19.5 Å². The van der Waals surface area contributed by atoms with E-state index in [1.54, 1.807) is 0 Å². The van der Waals surface area contributed by atoms with Crippen molar-refractivity contribution in [3.63, 3.8) is 0 Å². The molecule has 19 heavy (non-hydrogen) atoms. The van der Waals surface area contributed by atoms with Gasteiger partial charge in [-0.2, -0.15) is 0 Å². The number of hydrogen-bond donors (Lipinski definition) is 1. The molecule has 0 aliphatic heterocycles. The molecule has 100 valence electrons. The first-order chi connectivity index (χ1) is 9.22. The molecule has 0 saturated heterocycles. The predicted octanol–water partition coefficient (Wildman–Crippen LogP) is 3.87. The summed E-state index contributed by atoms with van der Waals surface area (Å²) in [6.07, 6.45) is 4.98. The molecule has 2 nitrogen and oxygen atoms in total. The Morgan fingerprint density at radius 3 is 2.68 bits per heavy atom. The van der Waals surface area contributed by atoms with E-state index in [4.69, 9.17) is 0 Å². The van der Waals surface area contributed by atoms with Crippen molar-refractivity contribution in [2.75, 3.05) is 6.54 Å². The first-order valence-electron chi connectivity index (χ1n) is 6.93. The molecule has 0 aliphatic carbocycles. The van der Waals surface area contributed by atoms with Crippen LogP contribution in [-0.2, 0) is 6.54 Å². The van der Waals surface area contributed by atoms with E-state index < -0.39 is 0 Å². The zero-order chi connectivity index (χ0) is 13.7. The van der Waals surface area contributed by atoms with Gasteiger partial charge in [-0.1, -0.05) is 30.7 Å². The van der Waals surface area contributed by atoms with Crippen molar-refractivity contribution in [1.29, 1.82) is 0 Å². The van der Waals surface area contributed by atoms with Crippen LogP contribution < -0.4 is 5.32 Å². The minimum absolute atomic E-state index is 0.914. The molecule has 2 rings (SSSR count). The fourth-order valence-electron chi connectivity index (χ4n) is 2.24. The van der Waals surface area contributed by atoms with Gasteiger partial charge in [-0.25, -0.2) is 0 Å². The third-order valence-electron chi connectivity index (χ3n) is 3.34. The molecular weight excluding hydrogens is 232 g/mol. The number of pyridine rings is 1. The minimum Gasteiger partial charge on any atom is -0.313 e. The van der Waals surface area contributed by atoms with Gasteiger partial charge in [-0.05, 0) is 49.6 Å². The van der Waals surface area contributed by atoms with Crippen LogP contribution in [0.5, 0.6) is 0 Å². The fraction of sp³-hybridized carbons (Fsp3) is 0.353. The summed E-state index contributed by atoms with van der Waals surface area (Å²) in [5.41, 5.74) is 6.44. The molecule has 1 aromatic heterocycles. The van der Waals surface area contributed by atoms with Crippen LogP contribution in [0.4, 0.5) is 0 Å². The summed E-state index contributed by atoms with van der Waals surface area (Å²) < 4.78 is 0. The number of rotatable bonds is 5. The molecule has 0 radical (unpaired) electrons. The number of aromatic nitrogens is 1. The Labute approximate surface area is 115 Å². The fourth-order valence-corrected chi connectivity index (χ4v) is 2.24. The van der Waals surface area contributed by atoms with Crippen molar-refractivity contribution in [2.45, 2.75) is 33.7 Å². The van der Waals surface area contributed by atoms with Gasteiger partial charge in [-0.15, -0.1) is 0 Å². The second kappa shape index (κ2) is 6.48. The molecule has 0 aliphatic rings. The Morgan fingerprint density at radius 2 is 1.95 bits per heavy atom. The van der Waals surface area contributed by atoms with E-state index in [1.807, 2.05) is 12.4 Å². The Balaban J connectivity index is 2.37. The quantitative estimate of drug-likeness (QED) is 0.819. The van der Waals surface area contributed by atoms with Gasteiger partial charge >= 0.3 is 0 Å².